The fourth-order valence-electron chi connectivity index (χ4n) is 5.63. The molecule has 196 valence electrons. The quantitative estimate of drug-likeness (QED) is 0.405. The third kappa shape index (κ3) is 4.29. The van der Waals surface area contributed by atoms with Gasteiger partial charge in [0.1, 0.15) is 34.4 Å². The summed E-state index contributed by atoms with van der Waals surface area (Å²) < 4.78 is 7.65. The zero-order chi connectivity index (χ0) is 27.1. The number of nitrogens with two attached hydrogens (primary N) is 1. The van der Waals surface area contributed by atoms with Gasteiger partial charge in [-0.1, -0.05) is 0 Å². The summed E-state index contributed by atoms with van der Waals surface area (Å²) in [5.41, 5.74) is 9.00. The lowest BCUT2D eigenvalue weighted by Crippen LogP contribution is -2.41. The van der Waals surface area contributed by atoms with Gasteiger partial charge in [-0.25, -0.2) is 15.0 Å². The average Bonchev–Trinajstić information content (AvgIpc) is 3.54. The van der Waals surface area contributed by atoms with Crippen molar-refractivity contribution in [3.63, 3.8) is 0 Å². The van der Waals surface area contributed by atoms with Crippen LogP contribution in [0.3, 0.4) is 0 Å². The first kappa shape index (κ1) is 24.4. The van der Waals surface area contributed by atoms with Gasteiger partial charge in [-0.2, -0.15) is 5.26 Å². The number of piperidine rings is 1. The van der Waals surface area contributed by atoms with E-state index in [1.54, 1.807) is 30.5 Å². The number of ether oxygens (including phenoxy) is 1. The maximum Gasteiger partial charge on any atom is 0.256 e. The number of fused-ring (bicyclic) bond motifs is 2. The van der Waals surface area contributed by atoms with Crippen LogP contribution < -0.4 is 15.8 Å². The van der Waals surface area contributed by atoms with Crippen LogP contribution in [0.5, 0.6) is 5.75 Å². The summed E-state index contributed by atoms with van der Waals surface area (Å²) in [5, 5.41) is 11.8. The highest BCUT2D eigenvalue weighted by Gasteiger charge is 2.38. The number of nitrogen functional groups attached to an aromatic ring is 1. The van der Waals surface area contributed by atoms with Crippen LogP contribution in [0.15, 0.2) is 48.9 Å². The van der Waals surface area contributed by atoms with E-state index in [0.717, 1.165) is 25.1 Å². The lowest BCUT2D eigenvalue weighted by atomic mass is 9.92. The van der Waals surface area contributed by atoms with E-state index in [4.69, 9.17) is 20.7 Å². The number of carbonyl (C=O) groups excluding carboxylic acids is 2. The number of nitriles is 1. The van der Waals surface area contributed by atoms with E-state index in [0.29, 0.717) is 58.5 Å². The average molecular weight is 523 g/mol. The van der Waals surface area contributed by atoms with Crippen LogP contribution >= 0.6 is 0 Å². The van der Waals surface area contributed by atoms with E-state index >= 15 is 0 Å². The van der Waals surface area contributed by atoms with Crippen molar-refractivity contribution >= 4 is 29.0 Å². The highest BCUT2D eigenvalue weighted by atomic mass is 16.5. The normalized spacial score (nSPS) is 18.6. The van der Waals surface area contributed by atoms with Gasteiger partial charge in [0.2, 0.25) is 5.91 Å². The maximum absolute atomic E-state index is 13.0. The van der Waals surface area contributed by atoms with Crippen LogP contribution in [-0.4, -0.2) is 55.8 Å². The largest absolute Gasteiger partial charge is 0.496 e. The predicted molar refractivity (Wildman–Crippen MR) is 143 cm³/mol. The molecule has 2 aliphatic heterocycles. The molecule has 6 rings (SSSR count). The molecule has 2 unspecified atom stereocenters. The molecule has 2 aliphatic rings. The molecule has 39 heavy (non-hydrogen) atoms. The van der Waals surface area contributed by atoms with E-state index in [1.165, 1.54) is 19.4 Å². The predicted octanol–water partition coefficient (Wildman–Crippen LogP) is 3.37. The molecule has 0 radical (unpaired) electrons. The molecule has 11 heteroatoms. The van der Waals surface area contributed by atoms with E-state index in [9.17, 15) is 9.59 Å². The van der Waals surface area contributed by atoms with E-state index in [-0.39, 0.29) is 17.6 Å². The highest BCUT2D eigenvalue weighted by molar-refractivity contribution is 6.04. The third-order valence-corrected chi connectivity index (χ3v) is 7.54. The molecule has 3 aromatic heterocycles. The number of benzene rings is 1. The Hall–Kier alpha value is -4.98. The van der Waals surface area contributed by atoms with Crippen LogP contribution in [0.1, 0.15) is 53.3 Å². The Bertz CT molecular complexity index is 1660. The standard InChI is InChI=1S/C28H26N8O3/c1-39-21-13-17(28(38)33-22-12-16(14-29)8-9-31-22)3-6-20(21)24-25-26(30)32-10-11-35(25)27(34-24)18-2-4-19-5-7-23(37)36(19)15-18/h3,6,8-13,18-19H,2,4-5,7,15H2,1H3,(H2,30,32)(H,31,33,38). The summed E-state index contributed by atoms with van der Waals surface area (Å²) in [6.45, 7) is 0.627. The lowest BCUT2D eigenvalue weighted by molar-refractivity contribution is -0.130. The molecule has 1 aromatic carbocycles. The summed E-state index contributed by atoms with van der Waals surface area (Å²) in [6.07, 6.45) is 8.35. The molecule has 0 bridgehead atoms. The molecule has 0 saturated carbocycles. The number of rotatable bonds is 5. The number of pyridine rings is 1. The summed E-state index contributed by atoms with van der Waals surface area (Å²) in [7, 11) is 1.53. The second-order valence-corrected chi connectivity index (χ2v) is 9.77. The van der Waals surface area contributed by atoms with Gasteiger partial charge in [0, 0.05) is 54.6 Å². The molecular formula is C28H26N8O3. The summed E-state index contributed by atoms with van der Waals surface area (Å²) in [4.78, 5) is 40.8. The molecule has 2 amide bonds. The maximum atomic E-state index is 13.0. The SMILES string of the molecule is COc1cc(C(=O)Nc2cc(C#N)ccn2)ccc1-c1nc(C2CCC3CCC(=O)N3C2)n2ccnc(N)c12. The monoisotopic (exact) mass is 522 g/mol. The van der Waals surface area contributed by atoms with Crippen molar-refractivity contribution in [2.24, 2.45) is 0 Å². The minimum absolute atomic E-state index is 0.0547. The van der Waals surface area contributed by atoms with Crippen molar-refractivity contribution in [1.29, 1.82) is 5.26 Å². The molecule has 2 fully saturated rings. The molecule has 2 saturated heterocycles. The summed E-state index contributed by atoms with van der Waals surface area (Å²) in [5.74, 6) is 1.72. The Balaban J connectivity index is 1.36. The number of aromatic nitrogens is 4. The van der Waals surface area contributed by atoms with Crippen molar-refractivity contribution in [2.75, 3.05) is 24.7 Å². The van der Waals surface area contributed by atoms with Crippen LogP contribution in [0.4, 0.5) is 11.6 Å². The van der Waals surface area contributed by atoms with Crippen LogP contribution in [0, 0.1) is 11.3 Å². The Kier molecular flexibility index (Phi) is 6.07. The molecule has 11 nitrogen and oxygen atoms in total. The fraction of sp³-hybridized carbons (Fsp3) is 0.286. The molecule has 3 N–H and O–H groups in total. The number of anilines is 2. The number of amides is 2. The van der Waals surface area contributed by atoms with Crippen molar-refractivity contribution in [1.82, 2.24) is 24.3 Å². The first-order valence-corrected chi connectivity index (χ1v) is 12.7. The smallest absolute Gasteiger partial charge is 0.256 e. The van der Waals surface area contributed by atoms with E-state index in [2.05, 4.69) is 15.3 Å². The Morgan fingerprint density at radius 2 is 2.05 bits per heavy atom. The summed E-state index contributed by atoms with van der Waals surface area (Å²) >= 11 is 0. The van der Waals surface area contributed by atoms with Gasteiger partial charge in [0.25, 0.3) is 5.91 Å². The topological polar surface area (TPSA) is 152 Å². The van der Waals surface area contributed by atoms with Crippen molar-refractivity contribution in [2.45, 2.75) is 37.6 Å². The van der Waals surface area contributed by atoms with Crippen LogP contribution in [-0.2, 0) is 4.79 Å². The van der Waals surface area contributed by atoms with Crippen LogP contribution in [0.25, 0.3) is 16.8 Å². The van der Waals surface area contributed by atoms with Gasteiger partial charge in [0.15, 0.2) is 0 Å². The van der Waals surface area contributed by atoms with Gasteiger partial charge in [-0.3, -0.25) is 14.0 Å². The van der Waals surface area contributed by atoms with Gasteiger partial charge >= 0.3 is 0 Å². The molecule has 2 atom stereocenters. The molecule has 4 aromatic rings. The number of hydrogen-bond acceptors (Lipinski definition) is 8. The Morgan fingerprint density at radius 1 is 1.18 bits per heavy atom. The lowest BCUT2D eigenvalue weighted by Gasteiger charge is -2.34. The molecule has 5 heterocycles. The minimum atomic E-state index is -0.397. The zero-order valence-corrected chi connectivity index (χ0v) is 21.3. The number of carbonyl (C=O) groups is 2. The second-order valence-electron chi connectivity index (χ2n) is 9.77. The number of methoxy groups -OCH3 is 1. The van der Waals surface area contributed by atoms with Gasteiger partial charge in [-0.15, -0.1) is 0 Å². The van der Waals surface area contributed by atoms with Gasteiger partial charge in [-0.05, 0) is 49.6 Å². The number of hydrogen-bond donors (Lipinski definition) is 2. The fourth-order valence-corrected chi connectivity index (χ4v) is 5.63. The van der Waals surface area contributed by atoms with Crippen molar-refractivity contribution < 1.29 is 14.3 Å². The number of nitrogens with one attached hydrogen (secondary N) is 1. The number of imidazole rings is 1. The molecule has 0 aliphatic carbocycles. The molecule has 0 spiro atoms. The second kappa shape index (κ2) is 9.72. The molecular weight excluding hydrogens is 496 g/mol. The van der Waals surface area contributed by atoms with Gasteiger partial charge < -0.3 is 20.7 Å². The van der Waals surface area contributed by atoms with Crippen molar-refractivity contribution in [3.05, 3.63) is 65.9 Å². The minimum Gasteiger partial charge on any atom is -0.496 e. The first-order chi connectivity index (χ1) is 19.0. The van der Waals surface area contributed by atoms with Crippen molar-refractivity contribution in [3.8, 4) is 23.1 Å². The Morgan fingerprint density at radius 3 is 2.87 bits per heavy atom. The third-order valence-electron chi connectivity index (χ3n) is 7.54. The van der Waals surface area contributed by atoms with E-state index < -0.39 is 5.91 Å². The Labute approximate surface area is 224 Å². The number of nitrogens with zero attached hydrogens (tertiary/aromatic N) is 6. The summed E-state index contributed by atoms with van der Waals surface area (Å²) in [6, 6.07) is 10.5. The van der Waals surface area contributed by atoms with Gasteiger partial charge in [0.05, 0.1) is 18.7 Å². The van der Waals surface area contributed by atoms with Crippen LogP contribution in [0.2, 0.25) is 0 Å². The first-order valence-electron chi connectivity index (χ1n) is 12.7. The van der Waals surface area contributed by atoms with E-state index in [1.807, 2.05) is 21.6 Å². The zero-order valence-electron chi connectivity index (χ0n) is 21.3. The highest BCUT2D eigenvalue weighted by Crippen LogP contribution is 2.40.